The van der Waals surface area contributed by atoms with Gasteiger partial charge in [-0.1, -0.05) is 6.92 Å². The number of nitrogen functional groups attached to an aromatic ring is 1. The van der Waals surface area contributed by atoms with Crippen molar-refractivity contribution in [2.75, 3.05) is 5.73 Å². The third-order valence-electron chi connectivity index (χ3n) is 3.73. The minimum Gasteiger partial charge on any atom is -0.480 e. The smallest absolute Gasteiger partial charge is 0.328 e. The van der Waals surface area contributed by atoms with Crippen molar-refractivity contribution >= 4 is 28.6 Å². The Bertz CT molecular complexity index is 1050. The number of hydrogen-bond donors (Lipinski definition) is 2. The van der Waals surface area contributed by atoms with Crippen LogP contribution in [0.2, 0.25) is 0 Å². The molecule has 24 heavy (non-hydrogen) atoms. The lowest BCUT2D eigenvalue weighted by atomic mass is 10.2. The molecule has 0 aliphatic rings. The quantitative estimate of drug-likeness (QED) is 0.573. The fourth-order valence-corrected chi connectivity index (χ4v) is 2.57. The monoisotopic (exact) mass is 327 g/mol. The number of carboxylic acid groups (broad SMARTS) is 1. The second-order valence-corrected chi connectivity index (χ2v) is 5.23. The normalized spacial score (nSPS) is 12.9. The third-order valence-corrected chi connectivity index (χ3v) is 3.73. The maximum atomic E-state index is 11.3. The van der Waals surface area contributed by atoms with Gasteiger partial charge in [0.05, 0.1) is 11.6 Å². The summed E-state index contributed by atoms with van der Waals surface area (Å²) >= 11 is 0. The molecule has 4 aromatic rings. The van der Waals surface area contributed by atoms with Crippen LogP contribution in [0.3, 0.4) is 0 Å². The Morgan fingerprint density at radius 3 is 2.92 bits per heavy atom. The maximum absolute atomic E-state index is 11.3. The molecule has 0 saturated carbocycles. The molecule has 1 unspecified atom stereocenters. The number of aromatic nitrogens is 6. The zero-order valence-electron chi connectivity index (χ0n) is 12.6. The summed E-state index contributed by atoms with van der Waals surface area (Å²) in [4.78, 5) is 19.9. The van der Waals surface area contributed by atoms with Gasteiger partial charge < -0.3 is 15.3 Å². The lowest BCUT2D eigenvalue weighted by molar-refractivity contribution is -0.141. The van der Waals surface area contributed by atoms with E-state index >= 15 is 0 Å². The molecule has 4 rings (SSSR count). The highest BCUT2D eigenvalue weighted by Gasteiger charge is 2.22. The first-order chi connectivity index (χ1) is 11.6. The summed E-state index contributed by atoms with van der Waals surface area (Å²) in [6, 6.07) is 2.68. The number of fused-ring (bicyclic) bond motifs is 3. The summed E-state index contributed by atoms with van der Waals surface area (Å²) in [6.07, 6.45) is 3.51. The fourth-order valence-electron chi connectivity index (χ4n) is 2.57. The van der Waals surface area contributed by atoms with Gasteiger partial charge in [0, 0.05) is 6.20 Å². The van der Waals surface area contributed by atoms with Gasteiger partial charge in [0.25, 0.3) is 0 Å². The van der Waals surface area contributed by atoms with Crippen LogP contribution < -0.4 is 5.73 Å². The van der Waals surface area contributed by atoms with Crippen LogP contribution in [0.5, 0.6) is 0 Å². The van der Waals surface area contributed by atoms with Crippen LogP contribution in [0.15, 0.2) is 29.0 Å². The van der Waals surface area contributed by atoms with E-state index in [2.05, 4.69) is 20.2 Å². The number of aliphatic carboxylic acids is 1. The van der Waals surface area contributed by atoms with Crippen LogP contribution in [-0.4, -0.2) is 40.4 Å². The van der Waals surface area contributed by atoms with E-state index in [0.717, 1.165) is 0 Å². The van der Waals surface area contributed by atoms with Crippen molar-refractivity contribution < 1.29 is 14.3 Å². The second-order valence-electron chi connectivity index (χ2n) is 5.23. The Labute approximate surface area is 134 Å². The van der Waals surface area contributed by atoms with Crippen molar-refractivity contribution in [3.05, 3.63) is 24.6 Å². The highest BCUT2D eigenvalue weighted by molar-refractivity contribution is 5.90. The largest absolute Gasteiger partial charge is 0.480 e. The fraction of sp³-hybridized carbons (Fsp3) is 0.214. The molecule has 0 aliphatic carbocycles. The Morgan fingerprint density at radius 1 is 1.42 bits per heavy atom. The number of rotatable bonds is 4. The van der Waals surface area contributed by atoms with Gasteiger partial charge in [0.1, 0.15) is 6.04 Å². The van der Waals surface area contributed by atoms with Gasteiger partial charge in [-0.05, 0) is 18.6 Å². The molecule has 1 atom stereocenters. The SMILES string of the molecule is CCC(C(=O)O)n1cc2c(nc(N)n3nc(-c4ccco4)nc23)n1. The molecule has 0 aromatic carbocycles. The molecule has 0 saturated heterocycles. The van der Waals surface area contributed by atoms with Gasteiger partial charge in [-0.2, -0.15) is 14.6 Å². The minimum atomic E-state index is -0.966. The van der Waals surface area contributed by atoms with Gasteiger partial charge in [-0.3, -0.25) is 4.68 Å². The Kier molecular flexibility index (Phi) is 2.98. The van der Waals surface area contributed by atoms with Crippen molar-refractivity contribution in [2.45, 2.75) is 19.4 Å². The number of nitrogens with two attached hydrogens (primary N) is 1. The molecule has 10 nitrogen and oxygen atoms in total. The number of furan rings is 1. The first-order valence-electron chi connectivity index (χ1n) is 7.26. The molecule has 0 spiro atoms. The molecule has 0 fully saturated rings. The lowest BCUT2D eigenvalue weighted by Gasteiger charge is -2.08. The number of nitrogens with zero attached hydrogens (tertiary/aromatic N) is 6. The summed E-state index contributed by atoms with van der Waals surface area (Å²) in [5.74, 6) is -0.00175. The molecule has 0 aliphatic heterocycles. The zero-order chi connectivity index (χ0) is 16.8. The van der Waals surface area contributed by atoms with Gasteiger partial charge in [0.2, 0.25) is 11.8 Å². The molecule has 10 heteroatoms. The minimum absolute atomic E-state index is 0.108. The van der Waals surface area contributed by atoms with E-state index in [1.54, 1.807) is 25.3 Å². The van der Waals surface area contributed by atoms with Crippen LogP contribution in [0, 0.1) is 0 Å². The standard InChI is InChI=1S/C14H13N7O3/c1-2-8(13(22)23)20-6-7-10(18-20)17-14(15)21-12(7)16-11(19-21)9-4-3-5-24-9/h3-6,8H,2H2,1H3,(H,22,23)(H2,15,17,18). The van der Waals surface area contributed by atoms with E-state index in [9.17, 15) is 9.90 Å². The average Bonchev–Trinajstić information content (AvgIpc) is 3.25. The van der Waals surface area contributed by atoms with E-state index in [1.165, 1.54) is 15.5 Å². The van der Waals surface area contributed by atoms with Crippen LogP contribution in [0.4, 0.5) is 5.95 Å². The Morgan fingerprint density at radius 2 is 2.25 bits per heavy atom. The first-order valence-corrected chi connectivity index (χ1v) is 7.26. The summed E-state index contributed by atoms with van der Waals surface area (Å²) in [6.45, 7) is 1.77. The predicted molar refractivity (Wildman–Crippen MR) is 83.2 cm³/mol. The highest BCUT2D eigenvalue weighted by atomic mass is 16.4. The van der Waals surface area contributed by atoms with Crippen LogP contribution in [0.1, 0.15) is 19.4 Å². The van der Waals surface area contributed by atoms with E-state index in [-0.39, 0.29) is 5.95 Å². The van der Waals surface area contributed by atoms with Crippen molar-refractivity contribution in [1.82, 2.24) is 29.4 Å². The summed E-state index contributed by atoms with van der Waals surface area (Å²) < 4.78 is 8.04. The van der Waals surface area contributed by atoms with Gasteiger partial charge in [0.15, 0.2) is 17.1 Å². The highest BCUT2D eigenvalue weighted by Crippen LogP contribution is 2.24. The molecule has 0 amide bonds. The van der Waals surface area contributed by atoms with E-state index in [1.807, 2.05) is 0 Å². The van der Waals surface area contributed by atoms with Crippen LogP contribution >= 0.6 is 0 Å². The average molecular weight is 327 g/mol. The first kappa shape index (κ1) is 14.2. The Hall–Kier alpha value is -3.43. The molecule has 122 valence electrons. The third kappa shape index (κ3) is 2.00. The molecular weight excluding hydrogens is 314 g/mol. The summed E-state index contributed by atoms with van der Waals surface area (Å²) in [5, 5.41) is 18.4. The van der Waals surface area contributed by atoms with Gasteiger partial charge >= 0.3 is 5.97 Å². The molecule has 3 N–H and O–H groups in total. The van der Waals surface area contributed by atoms with Gasteiger partial charge in [-0.25, -0.2) is 9.78 Å². The molecular formula is C14H13N7O3. The summed E-state index contributed by atoms with van der Waals surface area (Å²) in [7, 11) is 0. The molecule has 4 aromatic heterocycles. The number of hydrogen-bond acceptors (Lipinski definition) is 7. The predicted octanol–water partition coefficient (Wildman–Crippen LogP) is 1.35. The molecule has 0 bridgehead atoms. The Balaban J connectivity index is 1.96. The van der Waals surface area contributed by atoms with Crippen molar-refractivity contribution in [3.8, 4) is 11.6 Å². The maximum Gasteiger partial charge on any atom is 0.328 e. The van der Waals surface area contributed by atoms with Crippen LogP contribution in [-0.2, 0) is 4.79 Å². The van der Waals surface area contributed by atoms with Gasteiger partial charge in [-0.15, -0.1) is 5.10 Å². The number of carboxylic acids is 1. The van der Waals surface area contributed by atoms with Crippen LogP contribution in [0.25, 0.3) is 28.3 Å². The van der Waals surface area contributed by atoms with E-state index in [4.69, 9.17) is 10.2 Å². The zero-order valence-corrected chi connectivity index (χ0v) is 12.6. The number of carbonyl (C=O) groups is 1. The van der Waals surface area contributed by atoms with E-state index < -0.39 is 12.0 Å². The summed E-state index contributed by atoms with van der Waals surface area (Å²) in [5.41, 5.74) is 6.68. The molecule has 4 heterocycles. The molecule has 0 radical (unpaired) electrons. The van der Waals surface area contributed by atoms with E-state index in [0.29, 0.717) is 34.7 Å². The number of anilines is 1. The second kappa shape index (κ2) is 5.05. The lowest BCUT2D eigenvalue weighted by Crippen LogP contribution is -2.18. The van der Waals surface area contributed by atoms with Crippen molar-refractivity contribution in [1.29, 1.82) is 0 Å². The van der Waals surface area contributed by atoms with Crippen molar-refractivity contribution in [2.24, 2.45) is 0 Å². The van der Waals surface area contributed by atoms with Crippen molar-refractivity contribution in [3.63, 3.8) is 0 Å². The topological polar surface area (TPSA) is 137 Å².